The minimum Gasteiger partial charge on any atom is -0.493 e. The summed E-state index contributed by atoms with van der Waals surface area (Å²) in [5.74, 6) is -0.383. The molecule has 42 heavy (non-hydrogen) atoms. The zero-order valence-electron chi connectivity index (χ0n) is 25.0. The van der Waals surface area contributed by atoms with Gasteiger partial charge in [0.2, 0.25) is 17.7 Å². The standard InChI is InChI=1S/C31H42N4O7/c1-6-41-25-14-13-21(18-26(25)40-5)10-9-15-32-30(38)23-19-27(36)34-28(20(2)3)31(39)35(4)16-17-42-24-12-8-7-11-22(24)29(37)33-23/h7-8,11-14,18,20,23,28H,6,9-10,15-17,19H2,1-5H3,(H,32,38)(H,33,37)(H,34,36)/t23-,28-/m0/s1. The summed E-state index contributed by atoms with van der Waals surface area (Å²) in [6.07, 6.45) is 0.941. The van der Waals surface area contributed by atoms with Gasteiger partial charge in [-0.05, 0) is 55.5 Å². The first kappa shape index (κ1) is 32.2. The van der Waals surface area contributed by atoms with Crippen molar-refractivity contribution in [3.63, 3.8) is 0 Å². The molecule has 11 heteroatoms. The molecule has 0 radical (unpaired) electrons. The maximum atomic E-state index is 13.3. The summed E-state index contributed by atoms with van der Waals surface area (Å²) in [6.45, 7) is 6.83. The maximum absolute atomic E-state index is 13.3. The minimum atomic E-state index is -1.17. The highest BCUT2D eigenvalue weighted by molar-refractivity contribution is 6.01. The molecule has 1 aliphatic heterocycles. The van der Waals surface area contributed by atoms with E-state index >= 15 is 0 Å². The van der Waals surface area contributed by atoms with Crippen molar-refractivity contribution in [1.29, 1.82) is 0 Å². The number of rotatable bonds is 9. The SMILES string of the molecule is CCOc1ccc(CCCNC(=O)[C@@H]2CC(=O)N[C@@H](C(C)C)C(=O)N(C)CCOc3ccccc3C(=O)N2)cc1OC. The number of hydrogen-bond acceptors (Lipinski definition) is 7. The van der Waals surface area contributed by atoms with Crippen LogP contribution in [0.4, 0.5) is 0 Å². The van der Waals surface area contributed by atoms with Crippen LogP contribution in [-0.4, -0.2) is 81.1 Å². The van der Waals surface area contributed by atoms with Crippen LogP contribution >= 0.6 is 0 Å². The van der Waals surface area contributed by atoms with Crippen LogP contribution in [0.25, 0.3) is 0 Å². The first-order valence-corrected chi connectivity index (χ1v) is 14.3. The number of para-hydroxylation sites is 1. The highest BCUT2D eigenvalue weighted by Gasteiger charge is 2.31. The second kappa shape index (κ2) is 15.6. The maximum Gasteiger partial charge on any atom is 0.255 e. The number of benzene rings is 2. The fourth-order valence-corrected chi connectivity index (χ4v) is 4.57. The third-order valence-corrected chi connectivity index (χ3v) is 6.92. The summed E-state index contributed by atoms with van der Waals surface area (Å²) in [7, 11) is 3.22. The number of carbonyl (C=O) groups is 4. The van der Waals surface area contributed by atoms with E-state index in [9.17, 15) is 19.2 Å². The minimum absolute atomic E-state index is 0.148. The number of ether oxygens (including phenoxy) is 3. The molecule has 3 rings (SSSR count). The summed E-state index contributed by atoms with van der Waals surface area (Å²) in [6, 6.07) is 10.4. The molecule has 1 aliphatic rings. The molecule has 4 amide bonds. The lowest BCUT2D eigenvalue weighted by Crippen LogP contribution is -2.54. The molecule has 228 valence electrons. The van der Waals surface area contributed by atoms with E-state index in [0.717, 1.165) is 5.56 Å². The number of carbonyl (C=O) groups excluding carboxylic acids is 4. The smallest absolute Gasteiger partial charge is 0.255 e. The van der Waals surface area contributed by atoms with Gasteiger partial charge < -0.3 is 35.1 Å². The Morgan fingerprint density at radius 1 is 1.12 bits per heavy atom. The third kappa shape index (κ3) is 8.86. The van der Waals surface area contributed by atoms with Crippen molar-refractivity contribution in [2.75, 3.05) is 40.5 Å². The Morgan fingerprint density at radius 2 is 1.88 bits per heavy atom. The lowest BCUT2D eigenvalue weighted by molar-refractivity contribution is -0.137. The molecule has 0 unspecified atom stereocenters. The molecule has 2 aromatic rings. The number of nitrogens with one attached hydrogen (secondary N) is 3. The van der Waals surface area contributed by atoms with Crippen LogP contribution in [0.15, 0.2) is 42.5 Å². The van der Waals surface area contributed by atoms with Crippen LogP contribution in [-0.2, 0) is 20.8 Å². The van der Waals surface area contributed by atoms with E-state index in [1.54, 1.807) is 38.4 Å². The number of methoxy groups -OCH3 is 1. The predicted molar refractivity (Wildman–Crippen MR) is 158 cm³/mol. The van der Waals surface area contributed by atoms with E-state index in [2.05, 4.69) is 16.0 Å². The summed E-state index contributed by atoms with van der Waals surface area (Å²) in [5, 5.41) is 8.29. The van der Waals surface area contributed by atoms with Crippen LogP contribution in [0.3, 0.4) is 0 Å². The first-order valence-electron chi connectivity index (χ1n) is 14.3. The average molecular weight is 583 g/mol. The van der Waals surface area contributed by atoms with E-state index in [1.807, 2.05) is 39.0 Å². The van der Waals surface area contributed by atoms with E-state index in [-0.39, 0.29) is 37.0 Å². The Hall–Kier alpha value is -4.28. The van der Waals surface area contributed by atoms with Crippen molar-refractivity contribution in [1.82, 2.24) is 20.9 Å². The van der Waals surface area contributed by atoms with Crippen LogP contribution in [0.2, 0.25) is 0 Å². The van der Waals surface area contributed by atoms with Gasteiger partial charge in [0.25, 0.3) is 5.91 Å². The van der Waals surface area contributed by atoms with Gasteiger partial charge in [-0.15, -0.1) is 0 Å². The number of nitrogens with zero attached hydrogens (tertiary/aromatic N) is 1. The van der Waals surface area contributed by atoms with Gasteiger partial charge in [0.05, 0.1) is 32.2 Å². The molecule has 0 bridgehead atoms. The molecular weight excluding hydrogens is 540 g/mol. The van der Waals surface area contributed by atoms with E-state index in [4.69, 9.17) is 14.2 Å². The summed E-state index contributed by atoms with van der Waals surface area (Å²) >= 11 is 0. The lowest BCUT2D eigenvalue weighted by Gasteiger charge is -2.28. The van der Waals surface area contributed by atoms with Crippen LogP contribution in [0.1, 0.15) is 49.5 Å². The van der Waals surface area contributed by atoms with Gasteiger partial charge in [-0.1, -0.05) is 32.0 Å². The average Bonchev–Trinajstić information content (AvgIpc) is 2.97. The molecular formula is C31H42N4O7. The molecule has 0 spiro atoms. The molecule has 0 saturated carbocycles. The van der Waals surface area contributed by atoms with Crippen LogP contribution in [0, 0.1) is 5.92 Å². The highest BCUT2D eigenvalue weighted by atomic mass is 16.5. The van der Waals surface area contributed by atoms with Gasteiger partial charge >= 0.3 is 0 Å². The molecule has 0 aliphatic carbocycles. The number of fused-ring (bicyclic) bond motifs is 1. The monoisotopic (exact) mass is 582 g/mol. The molecule has 3 N–H and O–H groups in total. The Kier molecular flexibility index (Phi) is 12.0. The van der Waals surface area contributed by atoms with Crippen molar-refractivity contribution in [3.05, 3.63) is 53.6 Å². The van der Waals surface area contributed by atoms with Gasteiger partial charge in [-0.25, -0.2) is 0 Å². The molecule has 2 aromatic carbocycles. The summed E-state index contributed by atoms with van der Waals surface area (Å²) in [5.41, 5.74) is 1.24. The quantitative estimate of drug-likeness (QED) is 0.386. The van der Waals surface area contributed by atoms with E-state index in [1.165, 1.54) is 4.90 Å². The normalized spacial score (nSPS) is 18.2. The fraction of sp³-hybridized carbons (Fsp3) is 0.484. The molecule has 2 atom stereocenters. The number of aryl methyl sites for hydroxylation is 1. The Balaban J connectivity index is 1.73. The Morgan fingerprint density at radius 3 is 2.60 bits per heavy atom. The second-order valence-corrected chi connectivity index (χ2v) is 10.4. The van der Waals surface area contributed by atoms with Crippen molar-refractivity contribution in [2.24, 2.45) is 5.92 Å². The molecule has 0 aromatic heterocycles. The largest absolute Gasteiger partial charge is 0.493 e. The van der Waals surface area contributed by atoms with Gasteiger partial charge in [0, 0.05) is 13.6 Å². The topological polar surface area (TPSA) is 135 Å². The van der Waals surface area contributed by atoms with Crippen LogP contribution < -0.4 is 30.2 Å². The first-order chi connectivity index (χ1) is 20.1. The van der Waals surface area contributed by atoms with Crippen molar-refractivity contribution in [3.8, 4) is 17.2 Å². The van der Waals surface area contributed by atoms with E-state index < -0.39 is 29.8 Å². The number of likely N-dealkylation sites (N-methyl/N-ethyl adjacent to an activating group) is 1. The third-order valence-electron chi connectivity index (χ3n) is 6.92. The van der Waals surface area contributed by atoms with Crippen molar-refractivity contribution < 1.29 is 33.4 Å². The van der Waals surface area contributed by atoms with Gasteiger partial charge in [0.1, 0.15) is 24.4 Å². The predicted octanol–water partition coefficient (Wildman–Crippen LogP) is 2.32. The van der Waals surface area contributed by atoms with Gasteiger partial charge in [-0.3, -0.25) is 19.2 Å². The number of hydrogen-bond donors (Lipinski definition) is 3. The molecule has 0 fully saturated rings. The molecule has 1 heterocycles. The zero-order valence-corrected chi connectivity index (χ0v) is 25.0. The van der Waals surface area contributed by atoms with Gasteiger partial charge in [0.15, 0.2) is 11.5 Å². The number of amides is 4. The second-order valence-electron chi connectivity index (χ2n) is 10.4. The summed E-state index contributed by atoms with van der Waals surface area (Å²) in [4.78, 5) is 54.2. The van der Waals surface area contributed by atoms with Gasteiger partial charge in [-0.2, -0.15) is 0 Å². The fourth-order valence-electron chi connectivity index (χ4n) is 4.57. The van der Waals surface area contributed by atoms with E-state index in [0.29, 0.717) is 43.2 Å². The molecule has 11 nitrogen and oxygen atoms in total. The lowest BCUT2D eigenvalue weighted by atomic mass is 10.0. The highest BCUT2D eigenvalue weighted by Crippen LogP contribution is 2.28. The van der Waals surface area contributed by atoms with Crippen molar-refractivity contribution in [2.45, 2.75) is 52.1 Å². The van der Waals surface area contributed by atoms with Crippen LogP contribution in [0.5, 0.6) is 17.2 Å². The molecule has 0 saturated heterocycles. The zero-order chi connectivity index (χ0) is 30.6. The van der Waals surface area contributed by atoms with Crippen molar-refractivity contribution >= 4 is 23.6 Å². The Labute approximate surface area is 247 Å². The Bertz CT molecular complexity index is 1250. The summed E-state index contributed by atoms with van der Waals surface area (Å²) < 4.78 is 16.8.